The van der Waals surface area contributed by atoms with E-state index in [1.165, 1.54) is 4.31 Å². The Labute approximate surface area is 130 Å². The van der Waals surface area contributed by atoms with E-state index in [4.69, 9.17) is 9.47 Å². The van der Waals surface area contributed by atoms with E-state index in [0.29, 0.717) is 17.2 Å². The summed E-state index contributed by atoms with van der Waals surface area (Å²) in [5, 5.41) is 2.71. The smallest absolute Gasteiger partial charge is 0.232 e. The number of rotatable bonds is 6. The maximum atomic E-state index is 12.0. The predicted molar refractivity (Wildman–Crippen MR) is 82.6 cm³/mol. The monoisotopic (exact) mass is 328 g/mol. The van der Waals surface area contributed by atoms with Crippen LogP contribution in [-0.4, -0.2) is 40.5 Å². The van der Waals surface area contributed by atoms with Crippen molar-refractivity contribution in [2.45, 2.75) is 13.8 Å². The first-order valence-corrected chi connectivity index (χ1v) is 8.79. The minimum Gasteiger partial charge on any atom is -0.454 e. The van der Waals surface area contributed by atoms with Gasteiger partial charge in [-0.1, -0.05) is 13.8 Å². The fourth-order valence-corrected chi connectivity index (χ4v) is 2.93. The van der Waals surface area contributed by atoms with E-state index in [-0.39, 0.29) is 31.7 Å². The Balaban J connectivity index is 2.12. The van der Waals surface area contributed by atoms with Crippen LogP contribution in [0.4, 0.5) is 5.69 Å². The fourth-order valence-electron chi connectivity index (χ4n) is 2.01. The van der Waals surface area contributed by atoms with E-state index in [0.717, 1.165) is 6.26 Å². The van der Waals surface area contributed by atoms with E-state index >= 15 is 0 Å². The van der Waals surface area contributed by atoms with E-state index in [2.05, 4.69) is 5.32 Å². The quantitative estimate of drug-likeness (QED) is 0.840. The summed E-state index contributed by atoms with van der Waals surface area (Å²) in [6, 6.07) is 4.94. The van der Waals surface area contributed by atoms with Crippen LogP contribution in [0.15, 0.2) is 18.2 Å². The topological polar surface area (TPSA) is 84.9 Å². The first-order valence-electron chi connectivity index (χ1n) is 6.94. The van der Waals surface area contributed by atoms with Crippen LogP contribution in [0.25, 0.3) is 0 Å². The molecule has 0 radical (unpaired) electrons. The third-order valence-electron chi connectivity index (χ3n) is 3.18. The van der Waals surface area contributed by atoms with Crippen LogP contribution in [0.1, 0.15) is 13.8 Å². The highest BCUT2D eigenvalue weighted by Crippen LogP contribution is 2.35. The van der Waals surface area contributed by atoms with E-state index in [1.54, 1.807) is 32.0 Å². The molecule has 0 spiro atoms. The van der Waals surface area contributed by atoms with Gasteiger partial charge in [0.1, 0.15) is 0 Å². The SMILES string of the molecule is CC(C)C(=O)NCCN(c1ccc2c(c1)OCO2)S(C)(=O)=O. The molecule has 0 fully saturated rings. The molecule has 2 rings (SSSR count). The zero-order valence-electron chi connectivity index (χ0n) is 12.8. The van der Waals surface area contributed by atoms with Gasteiger partial charge in [-0.25, -0.2) is 8.42 Å². The Morgan fingerprint density at radius 1 is 1.32 bits per heavy atom. The van der Waals surface area contributed by atoms with Crippen molar-refractivity contribution < 1.29 is 22.7 Å². The fraction of sp³-hybridized carbons (Fsp3) is 0.500. The molecule has 0 atom stereocenters. The van der Waals surface area contributed by atoms with Gasteiger partial charge in [-0.2, -0.15) is 0 Å². The largest absolute Gasteiger partial charge is 0.454 e. The van der Waals surface area contributed by atoms with Crippen LogP contribution in [0, 0.1) is 5.92 Å². The molecule has 8 heteroatoms. The summed E-state index contributed by atoms with van der Waals surface area (Å²) in [4.78, 5) is 11.5. The van der Waals surface area contributed by atoms with Crippen molar-refractivity contribution in [1.82, 2.24) is 5.32 Å². The van der Waals surface area contributed by atoms with Gasteiger partial charge in [-0.05, 0) is 12.1 Å². The molecular weight excluding hydrogens is 308 g/mol. The molecule has 1 amide bonds. The number of carbonyl (C=O) groups excluding carboxylic acids is 1. The molecule has 0 saturated carbocycles. The Kier molecular flexibility index (Phi) is 4.80. The number of ether oxygens (including phenoxy) is 2. The van der Waals surface area contributed by atoms with Crippen LogP contribution >= 0.6 is 0 Å². The normalized spacial score (nSPS) is 13.3. The van der Waals surface area contributed by atoms with E-state index in [1.807, 2.05) is 0 Å². The zero-order valence-corrected chi connectivity index (χ0v) is 13.6. The van der Waals surface area contributed by atoms with Gasteiger partial charge in [-0.15, -0.1) is 0 Å². The molecule has 0 unspecified atom stereocenters. The predicted octanol–water partition coefficient (Wildman–Crippen LogP) is 0.953. The second-order valence-corrected chi connectivity index (χ2v) is 7.23. The third kappa shape index (κ3) is 3.82. The molecule has 1 aliphatic heterocycles. The summed E-state index contributed by atoms with van der Waals surface area (Å²) in [5.74, 6) is 0.846. The summed E-state index contributed by atoms with van der Waals surface area (Å²) in [7, 11) is -3.47. The number of anilines is 1. The lowest BCUT2D eigenvalue weighted by atomic mass is 10.2. The van der Waals surface area contributed by atoms with Gasteiger partial charge in [0.15, 0.2) is 11.5 Å². The van der Waals surface area contributed by atoms with Gasteiger partial charge in [-0.3, -0.25) is 9.10 Å². The van der Waals surface area contributed by atoms with Crippen LogP contribution in [0.5, 0.6) is 11.5 Å². The molecule has 1 aromatic carbocycles. The molecule has 1 aromatic rings. The van der Waals surface area contributed by atoms with Gasteiger partial charge in [0, 0.05) is 18.5 Å². The average Bonchev–Trinajstić information content (AvgIpc) is 2.89. The van der Waals surface area contributed by atoms with E-state index < -0.39 is 10.0 Å². The lowest BCUT2D eigenvalue weighted by Gasteiger charge is -2.23. The summed E-state index contributed by atoms with van der Waals surface area (Å²) in [6.45, 7) is 4.07. The molecule has 0 saturated heterocycles. The van der Waals surface area contributed by atoms with E-state index in [9.17, 15) is 13.2 Å². The maximum absolute atomic E-state index is 12.0. The molecule has 0 bridgehead atoms. The molecule has 1 N–H and O–H groups in total. The lowest BCUT2D eigenvalue weighted by molar-refractivity contribution is -0.123. The second kappa shape index (κ2) is 6.43. The number of benzene rings is 1. The molecule has 1 aliphatic rings. The average molecular weight is 328 g/mol. The summed E-state index contributed by atoms with van der Waals surface area (Å²) in [5.41, 5.74) is 0.477. The summed E-state index contributed by atoms with van der Waals surface area (Å²) < 4.78 is 35.7. The van der Waals surface area contributed by atoms with Crippen molar-refractivity contribution in [1.29, 1.82) is 0 Å². The molecular formula is C14H20N2O5S. The minimum atomic E-state index is -3.47. The van der Waals surface area contributed by atoms with Crippen molar-refractivity contribution in [3.8, 4) is 11.5 Å². The molecule has 1 heterocycles. The number of carbonyl (C=O) groups is 1. The minimum absolute atomic E-state index is 0.112. The molecule has 0 aliphatic carbocycles. The van der Waals surface area contributed by atoms with Crippen molar-refractivity contribution in [2.75, 3.05) is 30.4 Å². The van der Waals surface area contributed by atoms with Gasteiger partial charge >= 0.3 is 0 Å². The highest BCUT2D eigenvalue weighted by atomic mass is 32.2. The van der Waals surface area contributed by atoms with Crippen molar-refractivity contribution in [3.63, 3.8) is 0 Å². The number of nitrogens with zero attached hydrogens (tertiary/aromatic N) is 1. The maximum Gasteiger partial charge on any atom is 0.232 e. The standard InChI is InChI=1S/C14H20N2O5S/c1-10(2)14(17)15-6-7-16(22(3,18)19)11-4-5-12-13(8-11)21-9-20-12/h4-5,8,10H,6-7,9H2,1-3H3,(H,15,17). The second-order valence-electron chi connectivity index (χ2n) is 5.32. The van der Waals surface area contributed by atoms with Gasteiger partial charge in [0.25, 0.3) is 0 Å². The van der Waals surface area contributed by atoms with Crippen LogP contribution in [-0.2, 0) is 14.8 Å². The van der Waals surface area contributed by atoms with Gasteiger partial charge in [0.2, 0.25) is 22.7 Å². The molecule has 0 aromatic heterocycles. The highest BCUT2D eigenvalue weighted by Gasteiger charge is 2.21. The number of sulfonamides is 1. The number of fused-ring (bicyclic) bond motifs is 1. The van der Waals surface area contributed by atoms with Crippen LogP contribution in [0.3, 0.4) is 0 Å². The third-order valence-corrected chi connectivity index (χ3v) is 4.38. The number of hydrogen-bond donors (Lipinski definition) is 1. The summed E-state index contributed by atoms with van der Waals surface area (Å²) in [6.07, 6.45) is 1.13. The number of hydrogen-bond acceptors (Lipinski definition) is 5. The lowest BCUT2D eigenvalue weighted by Crippen LogP contribution is -2.39. The van der Waals surface area contributed by atoms with Crippen molar-refractivity contribution in [3.05, 3.63) is 18.2 Å². The molecule has 7 nitrogen and oxygen atoms in total. The van der Waals surface area contributed by atoms with Crippen LogP contribution < -0.4 is 19.1 Å². The van der Waals surface area contributed by atoms with Crippen molar-refractivity contribution >= 4 is 21.6 Å². The Morgan fingerprint density at radius 3 is 2.64 bits per heavy atom. The van der Waals surface area contributed by atoms with Crippen LogP contribution in [0.2, 0.25) is 0 Å². The first kappa shape index (κ1) is 16.4. The highest BCUT2D eigenvalue weighted by molar-refractivity contribution is 7.92. The van der Waals surface area contributed by atoms with Crippen molar-refractivity contribution in [2.24, 2.45) is 5.92 Å². The van der Waals surface area contributed by atoms with Gasteiger partial charge in [0.05, 0.1) is 18.5 Å². The Hall–Kier alpha value is -1.96. The first-order chi connectivity index (χ1) is 10.3. The number of amides is 1. The molecule has 122 valence electrons. The zero-order chi connectivity index (χ0) is 16.3. The van der Waals surface area contributed by atoms with Gasteiger partial charge < -0.3 is 14.8 Å². The number of nitrogens with one attached hydrogen (secondary N) is 1. The molecule has 22 heavy (non-hydrogen) atoms. The Bertz CT molecular complexity index is 657. The summed E-state index contributed by atoms with van der Waals surface area (Å²) >= 11 is 0. The Morgan fingerprint density at radius 2 is 2.00 bits per heavy atom.